The van der Waals surface area contributed by atoms with Gasteiger partial charge in [-0.1, -0.05) is 68.9 Å². The van der Waals surface area contributed by atoms with E-state index in [9.17, 15) is 0 Å². The lowest BCUT2D eigenvalue weighted by molar-refractivity contribution is 0.576. The van der Waals surface area contributed by atoms with E-state index in [0.29, 0.717) is 0 Å². The largest absolute Gasteiger partial charge is 0.138 e. The Kier molecular flexibility index (Phi) is 9.33. The van der Waals surface area contributed by atoms with Crippen LogP contribution in [0.1, 0.15) is 56.9 Å². The summed E-state index contributed by atoms with van der Waals surface area (Å²) < 4.78 is 0. The summed E-state index contributed by atoms with van der Waals surface area (Å²) in [6, 6.07) is 10.9. The van der Waals surface area contributed by atoms with E-state index in [1.807, 2.05) is 0 Å². The first-order valence-corrected chi connectivity index (χ1v) is 7.99. The van der Waals surface area contributed by atoms with Gasteiger partial charge in [0.25, 0.3) is 0 Å². The monoisotopic (exact) mass is 250 g/mol. The molecule has 0 fully saturated rings. The molecule has 17 heavy (non-hydrogen) atoms. The van der Waals surface area contributed by atoms with Gasteiger partial charge in [-0.3, -0.25) is 0 Å². The number of aryl methyl sites for hydroxylation is 1. The van der Waals surface area contributed by atoms with Crippen LogP contribution in [0.4, 0.5) is 0 Å². The van der Waals surface area contributed by atoms with Gasteiger partial charge in [-0.15, -0.1) is 9.24 Å². The summed E-state index contributed by atoms with van der Waals surface area (Å²) in [4.78, 5) is 0. The molecule has 1 atom stereocenters. The Bertz CT molecular complexity index is 255. The van der Waals surface area contributed by atoms with E-state index < -0.39 is 0 Å². The molecule has 1 unspecified atom stereocenters. The molecule has 0 spiro atoms. The highest BCUT2D eigenvalue weighted by Crippen LogP contribution is 2.11. The molecule has 0 aliphatic rings. The minimum absolute atomic E-state index is 1.26. The zero-order chi connectivity index (χ0) is 12.2. The third kappa shape index (κ3) is 8.38. The number of hydrogen-bond donors (Lipinski definition) is 0. The number of unbranched alkanes of at least 4 members (excludes halogenated alkanes) is 7. The molecule has 1 heteroatoms. The molecule has 0 saturated heterocycles. The molecule has 0 nitrogen and oxygen atoms in total. The summed E-state index contributed by atoms with van der Waals surface area (Å²) in [6.07, 6.45) is 13.8. The van der Waals surface area contributed by atoms with Crippen LogP contribution in [0.3, 0.4) is 0 Å². The van der Waals surface area contributed by atoms with Gasteiger partial charge in [0.05, 0.1) is 0 Å². The molecular formula is C16H27P. The third-order valence-electron chi connectivity index (χ3n) is 3.26. The summed E-state index contributed by atoms with van der Waals surface area (Å²) in [7, 11) is 2.81. The van der Waals surface area contributed by atoms with Gasteiger partial charge in [0.2, 0.25) is 0 Å². The first-order valence-electron chi connectivity index (χ1n) is 7.17. The fraction of sp³-hybridized carbons (Fsp3) is 0.625. The maximum atomic E-state index is 2.81. The maximum absolute atomic E-state index is 2.81. The third-order valence-corrected chi connectivity index (χ3v) is 3.67. The summed E-state index contributed by atoms with van der Waals surface area (Å²) in [6.45, 7) is 0. The van der Waals surface area contributed by atoms with Crippen LogP contribution in [-0.2, 0) is 6.42 Å². The van der Waals surface area contributed by atoms with Crippen molar-refractivity contribution in [1.82, 2.24) is 0 Å². The molecule has 0 saturated carbocycles. The number of rotatable bonds is 10. The molecule has 0 amide bonds. The van der Waals surface area contributed by atoms with Gasteiger partial charge in [0, 0.05) is 0 Å². The Morgan fingerprint density at radius 2 is 1.18 bits per heavy atom. The molecule has 0 bridgehead atoms. The van der Waals surface area contributed by atoms with Crippen LogP contribution >= 0.6 is 9.24 Å². The second kappa shape index (κ2) is 10.8. The van der Waals surface area contributed by atoms with Crippen LogP contribution in [-0.4, -0.2) is 6.16 Å². The molecule has 0 aliphatic heterocycles. The van der Waals surface area contributed by atoms with Crippen molar-refractivity contribution in [2.24, 2.45) is 0 Å². The SMILES string of the molecule is PCCCCCCCCCCc1ccccc1. The van der Waals surface area contributed by atoms with Crippen LogP contribution < -0.4 is 0 Å². The smallest absolute Gasteiger partial charge is 0.0279 e. The molecule has 0 heterocycles. The van der Waals surface area contributed by atoms with Crippen molar-refractivity contribution in [3.63, 3.8) is 0 Å². The molecule has 0 aromatic heterocycles. The van der Waals surface area contributed by atoms with Gasteiger partial charge >= 0.3 is 0 Å². The molecule has 1 rings (SSSR count). The van der Waals surface area contributed by atoms with E-state index >= 15 is 0 Å². The molecular weight excluding hydrogens is 223 g/mol. The average Bonchev–Trinajstić information content (AvgIpc) is 2.38. The molecule has 96 valence electrons. The molecule has 0 aliphatic carbocycles. The van der Waals surface area contributed by atoms with E-state index in [1.165, 1.54) is 69.5 Å². The van der Waals surface area contributed by atoms with E-state index in [2.05, 4.69) is 39.6 Å². The summed E-state index contributed by atoms with van der Waals surface area (Å²) in [5, 5.41) is 0. The Morgan fingerprint density at radius 1 is 0.647 bits per heavy atom. The quantitative estimate of drug-likeness (QED) is 0.394. The first kappa shape index (κ1) is 14.7. The highest BCUT2D eigenvalue weighted by atomic mass is 31.0. The van der Waals surface area contributed by atoms with E-state index in [0.717, 1.165) is 0 Å². The lowest BCUT2D eigenvalue weighted by Crippen LogP contribution is -1.86. The lowest BCUT2D eigenvalue weighted by atomic mass is 10.0. The number of benzene rings is 1. The fourth-order valence-corrected chi connectivity index (χ4v) is 2.47. The van der Waals surface area contributed by atoms with Gasteiger partial charge in [-0.05, 0) is 31.0 Å². The lowest BCUT2D eigenvalue weighted by Gasteiger charge is -2.02. The van der Waals surface area contributed by atoms with Crippen molar-refractivity contribution in [3.05, 3.63) is 35.9 Å². The zero-order valence-corrected chi connectivity index (χ0v) is 12.2. The molecule has 0 radical (unpaired) electrons. The van der Waals surface area contributed by atoms with Gasteiger partial charge in [0.15, 0.2) is 0 Å². The first-order chi connectivity index (χ1) is 8.43. The number of hydrogen-bond acceptors (Lipinski definition) is 0. The average molecular weight is 250 g/mol. The normalized spacial score (nSPS) is 10.6. The van der Waals surface area contributed by atoms with E-state index in [1.54, 1.807) is 0 Å². The van der Waals surface area contributed by atoms with Crippen LogP contribution in [0.5, 0.6) is 0 Å². The Hall–Kier alpha value is -0.350. The highest BCUT2D eigenvalue weighted by Gasteiger charge is 1.93. The Labute approximate surface area is 109 Å². The van der Waals surface area contributed by atoms with Crippen molar-refractivity contribution in [1.29, 1.82) is 0 Å². The van der Waals surface area contributed by atoms with Crippen LogP contribution in [0, 0.1) is 0 Å². The van der Waals surface area contributed by atoms with E-state index in [4.69, 9.17) is 0 Å². The van der Waals surface area contributed by atoms with Crippen molar-refractivity contribution in [3.8, 4) is 0 Å². The van der Waals surface area contributed by atoms with Gasteiger partial charge in [0.1, 0.15) is 0 Å². The van der Waals surface area contributed by atoms with E-state index in [-0.39, 0.29) is 0 Å². The standard InChI is InChI=1S/C16H27P/c17-15-11-6-4-2-1-3-5-8-12-16-13-9-7-10-14-16/h7,9-10,13-14H,1-6,8,11-12,15,17H2. The highest BCUT2D eigenvalue weighted by molar-refractivity contribution is 7.16. The Balaban J connectivity index is 1.85. The second-order valence-electron chi connectivity index (χ2n) is 4.85. The van der Waals surface area contributed by atoms with Crippen molar-refractivity contribution in [2.45, 2.75) is 57.8 Å². The van der Waals surface area contributed by atoms with Crippen LogP contribution in [0.15, 0.2) is 30.3 Å². The van der Waals surface area contributed by atoms with Crippen molar-refractivity contribution in [2.75, 3.05) is 6.16 Å². The van der Waals surface area contributed by atoms with Gasteiger partial charge in [-0.2, -0.15) is 0 Å². The predicted molar refractivity (Wildman–Crippen MR) is 81.7 cm³/mol. The van der Waals surface area contributed by atoms with Gasteiger partial charge in [-0.25, -0.2) is 0 Å². The molecule has 1 aromatic carbocycles. The fourth-order valence-electron chi connectivity index (χ4n) is 2.18. The summed E-state index contributed by atoms with van der Waals surface area (Å²) in [5.41, 5.74) is 1.49. The molecule has 0 N–H and O–H groups in total. The van der Waals surface area contributed by atoms with Crippen LogP contribution in [0.2, 0.25) is 0 Å². The molecule has 1 aromatic rings. The second-order valence-corrected chi connectivity index (χ2v) is 5.43. The van der Waals surface area contributed by atoms with Crippen LogP contribution in [0.25, 0.3) is 0 Å². The minimum Gasteiger partial charge on any atom is -0.138 e. The van der Waals surface area contributed by atoms with Crippen molar-refractivity contribution < 1.29 is 0 Å². The predicted octanol–water partition coefficient (Wildman–Crippen LogP) is 5.23. The minimum atomic E-state index is 1.26. The summed E-state index contributed by atoms with van der Waals surface area (Å²) >= 11 is 0. The maximum Gasteiger partial charge on any atom is -0.0279 e. The topological polar surface area (TPSA) is 0 Å². The summed E-state index contributed by atoms with van der Waals surface area (Å²) in [5.74, 6) is 0. The Morgan fingerprint density at radius 3 is 1.76 bits per heavy atom. The van der Waals surface area contributed by atoms with Crippen molar-refractivity contribution >= 4 is 9.24 Å². The zero-order valence-electron chi connectivity index (χ0n) is 11.0. The van der Waals surface area contributed by atoms with Gasteiger partial charge < -0.3 is 0 Å².